The molecule has 0 aromatic heterocycles. The van der Waals surface area contributed by atoms with Crippen LogP contribution < -0.4 is 9.47 Å². The van der Waals surface area contributed by atoms with E-state index in [1.807, 2.05) is 45.9 Å². The lowest BCUT2D eigenvalue weighted by Crippen LogP contribution is -2.14. The molecule has 30 heavy (non-hydrogen) atoms. The van der Waals surface area contributed by atoms with Crippen molar-refractivity contribution >= 4 is 23.1 Å². The summed E-state index contributed by atoms with van der Waals surface area (Å²) in [6, 6.07) is 7.54. The molecular formula is C24H32O6. The lowest BCUT2D eigenvalue weighted by atomic mass is 9.99. The van der Waals surface area contributed by atoms with Gasteiger partial charge in [-0.25, -0.2) is 9.59 Å². The fourth-order valence-corrected chi connectivity index (χ4v) is 2.99. The molecule has 0 atom stereocenters. The molecule has 0 saturated carbocycles. The van der Waals surface area contributed by atoms with Gasteiger partial charge in [0, 0.05) is 10.8 Å². The van der Waals surface area contributed by atoms with Gasteiger partial charge in [-0.05, 0) is 48.9 Å². The monoisotopic (exact) mass is 416 g/mol. The Hall–Kier alpha value is -2.76. The van der Waals surface area contributed by atoms with Gasteiger partial charge in [-0.3, -0.25) is 0 Å². The Balaban J connectivity index is 2.40. The number of hydrogen-bond donors (Lipinski definition) is 0. The Morgan fingerprint density at radius 2 is 1.40 bits per heavy atom. The number of fused-ring (bicyclic) bond motifs is 1. The number of rotatable bonds is 10. The van der Waals surface area contributed by atoms with Crippen LogP contribution in [0, 0.1) is 0 Å². The Labute approximate surface area is 178 Å². The summed E-state index contributed by atoms with van der Waals surface area (Å²) in [5.74, 6) is 0.828. The molecule has 0 saturated heterocycles. The van der Waals surface area contributed by atoms with Gasteiger partial charge >= 0.3 is 12.3 Å². The first kappa shape index (κ1) is 23.5. The normalized spacial score (nSPS) is 10.7. The maximum absolute atomic E-state index is 12.2. The Morgan fingerprint density at radius 1 is 0.767 bits per heavy atom. The van der Waals surface area contributed by atoms with Crippen LogP contribution in [0.3, 0.4) is 0 Å². The van der Waals surface area contributed by atoms with Gasteiger partial charge in [-0.2, -0.15) is 0 Å². The number of ether oxygens (including phenoxy) is 4. The number of carbonyl (C=O) groups excluding carboxylic acids is 2. The number of hydrogen-bond acceptors (Lipinski definition) is 6. The van der Waals surface area contributed by atoms with Gasteiger partial charge in [0.05, 0.1) is 13.2 Å². The molecule has 2 aromatic rings. The van der Waals surface area contributed by atoms with Crippen molar-refractivity contribution < 1.29 is 28.5 Å². The summed E-state index contributed by atoms with van der Waals surface area (Å²) in [6.07, 6.45) is 3.36. The van der Waals surface area contributed by atoms with E-state index >= 15 is 0 Å². The van der Waals surface area contributed by atoms with Gasteiger partial charge in [0.15, 0.2) is 0 Å². The SMILES string of the molecule is CCCCOC(=O)Oc1cc(CC)c(OC(=O)OCCCC)c2ccc(CC)cc12. The standard InChI is InChI=1S/C24H32O6/c1-5-9-13-27-23(25)29-21-16-18(8-4)22(30-24(26)28-14-10-6-2)19-12-11-17(7-3)15-20(19)21/h11-12,15-16H,5-10,13-14H2,1-4H3. The quantitative estimate of drug-likeness (QED) is 0.247. The molecule has 0 unspecified atom stereocenters. The van der Waals surface area contributed by atoms with Crippen molar-refractivity contribution in [1.82, 2.24) is 0 Å². The lowest BCUT2D eigenvalue weighted by molar-refractivity contribution is 0.0960. The predicted molar refractivity (Wildman–Crippen MR) is 116 cm³/mol. The van der Waals surface area contributed by atoms with Gasteiger partial charge in [-0.15, -0.1) is 0 Å². The summed E-state index contributed by atoms with van der Waals surface area (Å²) >= 11 is 0. The second kappa shape index (κ2) is 12.1. The molecule has 164 valence electrons. The number of benzene rings is 2. The van der Waals surface area contributed by atoms with Crippen molar-refractivity contribution in [3.8, 4) is 11.5 Å². The molecule has 0 radical (unpaired) electrons. The summed E-state index contributed by atoms with van der Waals surface area (Å²) < 4.78 is 21.4. The van der Waals surface area contributed by atoms with E-state index in [0.717, 1.165) is 43.2 Å². The third-order valence-corrected chi connectivity index (χ3v) is 4.79. The van der Waals surface area contributed by atoms with Crippen molar-refractivity contribution in [3.63, 3.8) is 0 Å². The van der Waals surface area contributed by atoms with Crippen LogP contribution in [0.4, 0.5) is 9.59 Å². The highest BCUT2D eigenvalue weighted by atomic mass is 16.7. The van der Waals surface area contributed by atoms with E-state index in [4.69, 9.17) is 18.9 Å². The molecular weight excluding hydrogens is 384 g/mol. The minimum absolute atomic E-state index is 0.318. The average Bonchev–Trinajstić information content (AvgIpc) is 2.75. The van der Waals surface area contributed by atoms with E-state index in [1.54, 1.807) is 6.07 Å². The summed E-state index contributed by atoms with van der Waals surface area (Å²) in [5.41, 5.74) is 1.82. The smallest absolute Gasteiger partial charge is 0.434 e. The largest absolute Gasteiger partial charge is 0.513 e. The van der Waals surface area contributed by atoms with E-state index in [2.05, 4.69) is 0 Å². The van der Waals surface area contributed by atoms with Crippen LogP contribution in [0.15, 0.2) is 24.3 Å². The zero-order valence-electron chi connectivity index (χ0n) is 18.4. The molecule has 0 spiro atoms. The molecule has 0 heterocycles. The van der Waals surface area contributed by atoms with Crippen molar-refractivity contribution in [2.24, 2.45) is 0 Å². The van der Waals surface area contributed by atoms with Gasteiger partial charge in [-0.1, -0.05) is 52.7 Å². The second-order valence-corrected chi connectivity index (χ2v) is 7.06. The first-order valence-corrected chi connectivity index (χ1v) is 10.8. The molecule has 6 nitrogen and oxygen atoms in total. The highest BCUT2D eigenvalue weighted by Gasteiger charge is 2.19. The van der Waals surface area contributed by atoms with Gasteiger partial charge < -0.3 is 18.9 Å². The highest BCUT2D eigenvalue weighted by Crippen LogP contribution is 2.38. The zero-order valence-corrected chi connectivity index (χ0v) is 18.4. The van der Waals surface area contributed by atoms with E-state index < -0.39 is 12.3 Å². The van der Waals surface area contributed by atoms with E-state index in [-0.39, 0.29) is 0 Å². The third kappa shape index (κ3) is 6.37. The van der Waals surface area contributed by atoms with E-state index in [1.165, 1.54) is 0 Å². The van der Waals surface area contributed by atoms with Crippen LogP contribution in [0.1, 0.15) is 64.5 Å². The van der Waals surface area contributed by atoms with Crippen molar-refractivity contribution in [3.05, 3.63) is 35.4 Å². The number of carbonyl (C=O) groups is 2. The van der Waals surface area contributed by atoms with Crippen LogP contribution in [-0.2, 0) is 22.3 Å². The first-order valence-electron chi connectivity index (χ1n) is 10.8. The van der Waals surface area contributed by atoms with E-state index in [0.29, 0.717) is 41.9 Å². The molecule has 0 bridgehead atoms. The summed E-state index contributed by atoms with van der Waals surface area (Å²) in [4.78, 5) is 24.3. The van der Waals surface area contributed by atoms with Crippen molar-refractivity contribution in [2.75, 3.05) is 13.2 Å². The highest BCUT2D eigenvalue weighted by molar-refractivity contribution is 5.97. The molecule has 0 aliphatic heterocycles. The Kier molecular flexibility index (Phi) is 9.45. The fraction of sp³-hybridized carbons (Fsp3) is 0.500. The minimum Gasteiger partial charge on any atom is -0.434 e. The van der Waals surface area contributed by atoms with E-state index in [9.17, 15) is 9.59 Å². The molecule has 0 fully saturated rings. The third-order valence-electron chi connectivity index (χ3n) is 4.79. The molecule has 0 aliphatic carbocycles. The number of aryl methyl sites for hydroxylation is 2. The molecule has 6 heteroatoms. The zero-order chi connectivity index (χ0) is 21.9. The van der Waals surface area contributed by atoms with Gasteiger partial charge in [0.1, 0.15) is 11.5 Å². The van der Waals surface area contributed by atoms with Crippen LogP contribution in [0.2, 0.25) is 0 Å². The first-order chi connectivity index (χ1) is 14.5. The van der Waals surface area contributed by atoms with Gasteiger partial charge in [0.25, 0.3) is 0 Å². The van der Waals surface area contributed by atoms with Gasteiger partial charge in [0.2, 0.25) is 0 Å². The Morgan fingerprint density at radius 3 is 1.97 bits per heavy atom. The van der Waals surface area contributed by atoms with Crippen LogP contribution in [0.25, 0.3) is 10.8 Å². The molecule has 0 amide bonds. The maximum atomic E-state index is 12.2. The summed E-state index contributed by atoms with van der Waals surface area (Å²) in [7, 11) is 0. The topological polar surface area (TPSA) is 71.1 Å². The van der Waals surface area contributed by atoms with Crippen LogP contribution in [0.5, 0.6) is 11.5 Å². The Bertz CT molecular complexity index is 858. The van der Waals surface area contributed by atoms with Crippen molar-refractivity contribution in [2.45, 2.75) is 66.2 Å². The summed E-state index contributed by atoms with van der Waals surface area (Å²) in [5, 5.41) is 1.38. The summed E-state index contributed by atoms with van der Waals surface area (Å²) in [6.45, 7) is 8.67. The lowest BCUT2D eigenvalue weighted by Gasteiger charge is -2.16. The molecule has 2 rings (SSSR count). The predicted octanol–water partition coefficient (Wildman–Crippen LogP) is 6.60. The number of unbranched alkanes of at least 4 members (excludes halogenated alkanes) is 2. The molecule has 2 aromatic carbocycles. The maximum Gasteiger partial charge on any atom is 0.513 e. The van der Waals surface area contributed by atoms with Crippen molar-refractivity contribution in [1.29, 1.82) is 0 Å². The average molecular weight is 417 g/mol. The minimum atomic E-state index is -0.735. The van der Waals surface area contributed by atoms with Crippen LogP contribution in [-0.4, -0.2) is 25.5 Å². The molecule has 0 N–H and O–H groups in total. The second-order valence-electron chi connectivity index (χ2n) is 7.06. The fourth-order valence-electron chi connectivity index (χ4n) is 2.99. The van der Waals surface area contributed by atoms with Crippen LogP contribution >= 0.6 is 0 Å². The molecule has 0 aliphatic rings.